The molecule has 1 unspecified atom stereocenters. The van der Waals surface area contributed by atoms with Gasteiger partial charge in [0.2, 0.25) is 0 Å². The third-order valence-electron chi connectivity index (χ3n) is 5.41. The Kier molecular flexibility index (Phi) is 8.13. The first kappa shape index (κ1) is 27.9. The van der Waals surface area contributed by atoms with Crippen LogP contribution in [0.3, 0.4) is 0 Å². The van der Waals surface area contributed by atoms with Gasteiger partial charge in [-0.1, -0.05) is 29.8 Å². The van der Waals surface area contributed by atoms with E-state index in [1.165, 1.54) is 48.0 Å². The molecule has 1 aromatic heterocycles. The third kappa shape index (κ3) is 6.03. The Morgan fingerprint density at radius 2 is 1.84 bits per heavy atom. The molecule has 37 heavy (non-hydrogen) atoms. The molecule has 0 spiro atoms. The molecule has 0 bridgehead atoms. The first-order valence-electron chi connectivity index (χ1n) is 10.8. The number of halogens is 4. The summed E-state index contributed by atoms with van der Waals surface area (Å²) in [6.45, 7) is 2.48. The number of nitrogens with zero attached hydrogens (tertiary/aromatic N) is 3. The van der Waals surface area contributed by atoms with E-state index in [9.17, 15) is 27.9 Å². The van der Waals surface area contributed by atoms with E-state index in [-0.39, 0.29) is 33.5 Å². The van der Waals surface area contributed by atoms with Crippen molar-refractivity contribution in [3.8, 4) is 17.1 Å². The van der Waals surface area contributed by atoms with Crippen molar-refractivity contribution in [3.05, 3.63) is 64.4 Å². The molecule has 0 aliphatic rings. The van der Waals surface area contributed by atoms with Gasteiger partial charge >= 0.3 is 12.1 Å². The van der Waals surface area contributed by atoms with Crippen LogP contribution < -0.4 is 10.1 Å². The van der Waals surface area contributed by atoms with E-state index in [0.717, 1.165) is 13.2 Å². The van der Waals surface area contributed by atoms with Crippen molar-refractivity contribution in [3.63, 3.8) is 0 Å². The zero-order chi connectivity index (χ0) is 27.5. The van der Waals surface area contributed by atoms with Gasteiger partial charge in [-0.25, -0.2) is 4.79 Å². The number of aromatic nitrogens is 3. The van der Waals surface area contributed by atoms with Crippen LogP contribution in [0.4, 0.5) is 13.2 Å². The first-order chi connectivity index (χ1) is 17.3. The summed E-state index contributed by atoms with van der Waals surface area (Å²) in [5, 5.41) is 20.0. The van der Waals surface area contributed by atoms with Crippen molar-refractivity contribution in [2.24, 2.45) is 7.05 Å². The normalized spacial score (nSPS) is 12.7. The average Bonchev–Trinajstić information content (AvgIpc) is 3.24. The summed E-state index contributed by atoms with van der Waals surface area (Å²) in [5.74, 6) is -1.46. The number of alkyl halides is 3. The first-order valence-corrected chi connectivity index (χ1v) is 11.2. The van der Waals surface area contributed by atoms with E-state index in [2.05, 4.69) is 20.3 Å². The van der Waals surface area contributed by atoms with Gasteiger partial charge < -0.3 is 24.5 Å². The molecule has 1 heterocycles. The number of carbonyl (C=O) groups is 2. The number of aliphatic hydroxyl groups excluding tert-OH is 1. The lowest BCUT2D eigenvalue weighted by molar-refractivity contribution is -0.144. The van der Waals surface area contributed by atoms with Crippen LogP contribution >= 0.6 is 11.6 Å². The number of nitrogens with one attached hydrogen (secondary N) is 1. The van der Waals surface area contributed by atoms with Crippen LogP contribution in [0.15, 0.2) is 42.5 Å². The number of carbonyl (C=O) groups excluding carboxylic acids is 2. The molecule has 13 heteroatoms. The number of rotatable bonds is 8. The maximum atomic E-state index is 13.6. The summed E-state index contributed by atoms with van der Waals surface area (Å²) in [6.07, 6.45) is -4.60. The van der Waals surface area contributed by atoms with Crippen molar-refractivity contribution in [2.45, 2.75) is 31.7 Å². The fraction of sp³-hybridized carbons (Fsp3) is 0.333. The quantitative estimate of drug-likeness (QED) is 0.418. The second kappa shape index (κ2) is 10.8. The highest BCUT2D eigenvalue weighted by Crippen LogP contribution is 2.37. The van der Waals surface area contributed by atoms with Gasteiger partial charge in [0.15, 0.2) is 23.3 Å². The van der Waals surface area contributed by atoms with E-state index >= 15 is 0 Å². The van der Waals surface area contributed by atoms with E-state index in [4.69, 9.17) is 16.3 Å². The van der Waals surface area contributed by atoms with Crippen LogP contribution in [0, 0.1) is 0 Å². The molecule has 3 rings (SSSR count). The van der Waals surface area contributed by atoms with Crippen LogP contribution in [0.1, 0.15) is 35.6 Å². The summed E-state index contributed by atoms with van der Waals surface area (Å²) in [7, 11) is 2.61. The Morgan fingerprint density at radius 3 is 2.46 bits per heavy atom. The zero-order valence-electron chi connectivity index (χ0n) is 20.3. The van der Waals surface area contributed by atoms with Gasteiger partial charge in [-0.2, -0.15) is 13.2 Å². The van der Waals surface area contributed by atoms with E-state index in [1.54, 1.807) is 13.8 Å². The number of hydrogen-bond donors (Lipinski definition) is 2. The molecule has 2 aromatic carbocycles. The molecule has 2 N–H and O–H groups in total. The molecule has 0 aliphatic carbocycles. The van der Waals surface area contributed by atoms with Gasteiger partial charge in [-0.3, -0.25) is 4.79 Å². The SMILES string of the molecule is COC(=O)C(CO)NC(=O)c1cc(Cl)ccc1OC(C)(C)c1nnc(-c2ccccc2C(F)(F)F)n1C. The molecule has 0 saturated carbocycles. The Labute approximate surface area is 215 Å². The molecule has 0 aliphatic heterocycles. The summed E-state index contributed by atoms with van der Waals surface area (Å²) in [6, 6.07) is 7.86. The largest absolute Gasteiger partial charge is 0.479 e. The number of amides is 1. The van der Waals surface area contributed by atoms with Crippen molar-refractivity contribution >= 4 is 23.5 Å². The second-order valence-electron chi connectivity index (χ2n) is 8.43. The zero-order valence-corrected chi connectivity index (χ0v) is 21.0. The molecule has 198 valence electrons. The Bertz CT molecular complexity index is 1310. The van der Waals surface area contributed by atoms with Crippen molar-refractivity contribution in [1.82, 2.24) is 20.1 Å². The van der Waals surface area contributed by atoms with Crippen LogP contribution in [0.25, 0.3) is 11.4 Å². The summed E-state index contributed by atoms with van der Waals surface area (Å²) < 4.78 is 52.7. The summed E-state index contributed by atoms with van der Waals surface area (Å²) in [4.78, 5) is 24.7. The minimum atomic E-state index is -4.60. The molecule has 1 atom stereocenters. The highest BCUT2D eigenvalue weighted by molar-refractivity contribution is 6.31. The minimum Gasteiger partial charge on any atom is -0.479 e. The van der Waals surface area contributed by atoms with Crippen LogP contribution in [0.2, 0.25) is 5.02 Å². The smallest absolute Gasteiger partial charge is 0.417 e. The number of ether oxygens (including phenoxy) is 2. The van der Waals surface area contributed by atoms with E-state index < -0.39 is 41.9 Å². The molecule has 9 nitrogen and oxygen atoms in total. The number of benzene rings is 2. The summed E-state index contributed by atoms with van der Waals surface area (Å²) in [5.41, 5.74) is -2.38. The molecule has 0 radical (unpaired) electrons. The van der Waals surface area contributed by atoms with Gasteiger partial charge in [0.05, 0.1) is 24.8 Å². The monoisotopic (exact) mass is 540 g/mol. The number of hydrogen-bond acceptors (Lipinski definition) is 7. The topological polar surface area (TPSA) is 116 Å². The predicted octanol–water partition coefficient (Wildman–Crippen LogP) is 3.73. The van der Waals surface area contributed by atoms with Gasteiger partial charge in [0.1, 0.15) is 5.75 Å². The highest BCUT2D eigenvalue weighted by atomic mass is 35.5. The van der Waals surface area contributed by atoms with Gasteiger partial charge in [0.25, 0.3) is 5.91 Å². The lowest BCUT2D eigenvalue weighted by Gasteiger charge is -2.27. The van der Waals surface area contributed by atoms with Crippen LogP contribution in [-0.2, 0) is 28.4 Å². The third-order valence-corrected chi connectivity index (χ3v) is 5.65. The van der Waals surface area contributed by atoms with E-state index in [1.807, 2.05) is 0 Å². The van der Waals surface area contributed by atoms with Crippen molar-refractivity contribution in [1.29, 1.82) is 0 Å². The average molecular weight is 541 g/mol. The highest BCUT2D eigenvalue weighted by Gasteiger charge is 2.37. The molecule has 1 amide bonds. The van der Waals surface area contributed by atoms with Crippen molar-refractivity contribution in [2.75, 3.05) is 13.7 Å². The second-order valence-corrected chi connectivity index (χ2v) is 8.87. The number of methoxy groups -OCH3 is 1. The minimum absolute atomic E-state index is 0.0301. The van der Waals surface area contributed by atoms with Gasteiger partial charge in [0, 0.05) is 17.6 Å². The fourth-order valence-electron chi connectivity index (χ4n) is 3.66. The Hall–Kier alpha value is -3.64. The van der Waals surface area contributed by atoms with Crippen LogP contribution in [-0.4, -0.2) is 51.5 Å². The Morgan fingerprint density at radius 1 is 1.16 bits per heavy atom. The molecule has 0 saturated heterocycles. The lowest BCUT2D eigenvalue weighted by Crippen LogP contribution is -2.44. The molecule has 3 aromatic rings. The molecular formula is C24H24ClF3N4O5. The van der Waals surface area contributed by atoms with E-state index in [0.29, 0.717) is 0 Å². The standard InChI is InChI=1S/C24H24ClF3N4O5/c1-23(2,22-31-30-19(32(22)3)14-7-5-6-8-16(14)24(26,27)28)37-18-10-9-13(25)11-15(18)20(34)29-17(12-33)21(35)36-4/h5-11,17,33H,12H2,1-4H3,(H,29,34). The number of aliphatic hydroxyl groups is 1. The summed E-state index contributed by atoms with van der Waals surface area (Å²) >= 11 is 6.06. The number of esters is 1. The maximum absolute atomic E-state index is 13.6. The van der Waals surface area contributed by atoms with Crippen LogP contribution in [0.5, 0.6) is 5.75 Å². The maximum Gasteiger partial charge on any atom is 0.417 e. The van der Waals surface area contributed by atoms with Gasteiger partial charge in [-0.15, -0.1) is 10.2 Å². The van der Waals surface area contributed by atoms with Crippen molar-refractivity contribution < 1.29 is 37.3 Å². The molecule has 0 fully saturated rings. The Balaban J connectivity index is 1.97. The lowest BCUT2D eigenvalue weighted by atomic mass is 10.1. The predicted molar refractivity (Wildman–Crippen MR) is 127 cm³/mol. The fourth-order valence-corrected chi connectivity index (χ4v) is 3.83. The van der Waals surface area contributed by atoms with Gasteiger partial charge in [-0.05, 0) is 38.1 Å². The molecular weight excluding hydrogens is 517 g/mol.